The second-order valence-corrected chi connectivity index (χ2v) is 10.5. The molecule has 0 aliphatic heterocycles. The van der Waals surface area contributed by atoms with Gasteiger partial charge in [0.1, 0.15) is 0 Å². The Balaban J connectivity index is 1.74. The van der Waals surface area contributed by atoms with Gasteiger partial charge in [0.15, 0.2) is 5.78 Å². The van der Waals surface area contributed by atoms with Crippen molar-refractivity contribution in [1.29, 1.82) is 0 Å². The normalized spacial score (nSPS) is 27.5. The summed E-state index contributed by atoms with van der Waals surface area (Å²) in [6, 6.07) is 8.24. The fourth-order valence-corrected chi connectivity index (χ4v) is 6.05. The largest absolute Gasteiger partial charge is 0.294 e. The van der Waals surface area contributed by atoms with Crippen molar-refractivity contribution in [2.45, 2.75) is 77.1 Å². The van der Waals surface area contributed by atoms with Crippen molar-refractivity contribution in [2.24, 2.45) is 5.41 Å². The van der Waals surface area contributed by atoms with Gasteiger partial charge in [-0.25, -0.2) is 8.78 Å². The molecule has 1 heterocycles. The van der Waals surface area contributed by atoms with Gasteiger partial charge in [-0.1, -0.05) is 49.2 Å². The lowest BCUT2D eigenvalue weighted by Crippen LogP contribution is -2.42. The number of H-pyrrole nitrogens is 1. The number of hydrogen-bond acceptors (Lipinski definition) is 2. The van der Waals surface area contributed by atoms with Gasteiger partial charge in [-0.3, -0.25) is 9.89 Å². The van der Waals surface area contributed by atoms with Crippen LogP contribution in [0.2, 0.25) is 0 Å². The molecule has 0 amide bonds. The van der Waals surface area contributed by atoms with Gasteiger partial charge in [-0.15, -0.1) is 0 Å². The monoisotopic (exact) mass is 410 g/mol. The molecule has 5 rings (SSSR count). The van der Waals surface area contributed by atoms with Crippen LogP contribution in [0, 0.1) is 12.3 Å². The number of alkyl halides is 2. The van der Waals surface area contributed by atoms with Crippen LogP contribution in [0.25, 0.3) is 0 Å². The predicted molar refractivity (Wildman–Crippen MR) is 112 cm³/mol. The van der Waals surface area contributed by atoms with Crippen LogP contribution in [0.1, 0.15) is 80.5 Å². The highest BCUT2D eigenvalue weighted by atomic mass is 19.3. The van der Waals surface area contributed by atoms with E-state index in [1.54, 1.807) is 0 Å². The minimum atomic E-state index is -2.61. The Morgan fingerprint density at radius 2 is 1.87 bits per heavy atom. The minimum Gasteiger partial charge on any atom is -0.294 e. The molecular weight excluding hydrogens is 382 g/mol. The lowest BCUT2D eigenvalue weighted by atomic mass is 9.57. The number of carbonyl (C=O) groups excluding carboxylic acids is 1. The quantitative estimate of drug-likeness (QED) is 0.682. The van der Waals surface area contributed by atoms with E-state index in [2.05, 4.69) is 43.1 Å². The second kappa shape index (κ2) is 6.12. The minimum absolute atomic E-state index is 0.0696. The van der Waals surface area contributed by atoms with E-state index in [0.29, 0.717) is 12.8 Å². The number of carbonyl (C=O) groups is 1. The van der Waals surface area contributed by atoms with Crippen LogP contribution in [0.5, 0.6) is 0 Å². The molecule has 1 fully saturated rings. The Labute approximate surface area is 176 Å². The first-order chi connectivity index (χ1) is 14.0. The number of nitrogens with zero attached hydrogens (tertiary/aromatic N) is 1. The molecule has 1 aromatic heterocycles. The molecule has 158 valence electrons. The third kappa shape index (κ3) is 2.81. The van der Waals surface area contributed by atoms with E-state index in [4.69, 9.17) is 0 Å². The number of fused-ring (bicyclic) bond motifs is 1. The van der Waals surface area contributed by atoms with Crippen molar-refractivity contribution >= 4 is 5.78 Å². The zero-order valence-corrected chi connectivity index (χ0v) is 18.0. The molecule has 3 nitrogen and oxygen atoms in total. The highest BCUT2D eigenvalue weighted by molar-refractivity contribution is 6.01. The highest BCUT2D eigenvalue weighted by Crippen LogP contribution is 2.56. The molecule has 1 unspecified atom stereocenters. The number of Topliss-reactive ketones (excluding diaryl/α,β-unsaturated/α-hetero) is 1. The van der Waals surface area contributed by atoms with Crippen LogP contribution in [-0.4, -0.2) is 21.9 Å². The fraction of sp³-hybridized carbons (Fsp3) is 0.520. The lowest BCUT2D eigenvalue weighted by molar-refractivity contribution is -0.118. The molecule has 30 heavy (non-hydrogen) atoms. The molecule has 0 bridgehead atoms. The van der Waals surface area contributed by atoms with Gasteiger partial charge in [0.05, 0.1) is 5.69 Å². The van der Waals surface area contributed by atoms with Crippen molar-refractivity contribution in [3.63, 3.8) is 0 Å². The number of benzene rings is 1. The van der Waals surface area contributed by atoms with Gasteiger partial charge in [-0.05, 0) is 31.2 Å². The summed E-state index contributed by atoms with van der Waals surface area (Å²) in [4.78, 5) is 13.5. The first-order valence-corrected chi connectivity index (χ1v) is 10.8. The number of rotatable bonds is 2. The molecule has 1 atom stereocenters. The Morgan fingerprint density at radius 3 is 2.53 bits per heavy atom. The van der Waals surface area contributed by atoms with E-state index in [1.165, 1.54) is 5.57 Å². The number of aryl methyl sites for hydroxylation is 1. The Morgan fingerprint density at radius 1 is 1.13 bits per heavy atom. The summed E-state index contributed by atoms with van der Waals surface area (Å²) in [6.45, 7) is 8.42. The maximum Gasteiger partial charge on any atom is 0.249 e. The van der Waals surface area contributed by atoms with Gasteiger partial charge in [0.2, 0.25) is 5.92 Å². The number of aromatic amines is 1. The summed E-state index contributed by atoms with van der Waals surface area (Å²) >= 11 is 0. The van der Waals surface area contributed by atoms with Crippen LogP contribution >= 0.6 is 0 Å². The predicted octanol–water partition coefficient (Wildman–Crippen LogP) is 5.78. The summed E-state index contributed by atoms with van der Waals surface area (Å²) in [5.74, 6) is -2.69. The summed E-state index contributed by atoms with van der Waals surface area (Å²) in [6.07, 6.45) is 1.70. The lowest BCUT2D eigenvalue weighted by Gasteiger charge is -2.45. The number of aromatic nitrogens is 2. The molecule has 2 aromatic rings. The Bertz CT molecular complexity index is 1090. The van der Waals surface area contributed by atoms with Crippen molar-refractivity contribution in [3.8, 4) is 0 Å². The van der Waals surface area contributed by atoms with Crippen molar-refractivity contribution < 1.29 is 13.6 Å². The summed E-state index contributed by atoms with van der Waals surface area (Å²) in [5, 5.41) is 7.73. The Hall–Kier alpha value is -2.30. The maximum atomic E-state index is 13.7. The van der Waals surface area contributed by atoms with E-state index < -0.39 is 11.3 Å². The van der Waals surface area contributed by atoms with Gasteiger partial charge < -0.3 is 0 Å². The Kier molecular flexibility index (Phi) is 4.01. The van der Waals surface area contributed by atoms with Crippen molar-refractivity contribution in [2.75, 3.05) is 0 Å². The molecule has 1 N–H and O–H groups in total. The van der Waals surface area contributed by atoms with E-state index in [9.17, 15) is 13.6 Å². The van der Waals surface area contributed by atoms with Crippen LogP contribution in [0.15, 0.2) is 35.4 Å². The van der Waals surface area contributed by atoms with Crippen molar-refractivity contribution in [1.82, 2.24) is 10.2 Å². The molecule has 0 saturated heterocycles. The van der Waals surface area contributed by atoms with Crippen LogP contribution in [0.4, 0.5) is 8.78 Å². The fourth-order valence-electron chi connectivity index (χ4n) is 6.05. The van der Waals surface area contributed by atoms with E-state index in [0.717, 1.165) is 40.1 Å². The molecular formula is C25H28F2N2O. The van der Waals surface area contributed by atoms with E-state index in [1.807, 2.05) is 19.1 Å². The van der Waals surface area contributed by atoms with E-state index >= 15 is 0 Å². The standard InChI is InChI=1S/C25H28F2N2O/c1-14-6-5-7-17(8-14)24(4)20-15(10-23(2,3)13-19(20)30)9-18-21(24)22(29-28-18)16-11-25(26,27)12-16/h5-8,16H,9-13H2,1-4H3,(H,28,29). The molecule has 1 aromatic carbocycles. The zero-order valence-electron chi connectivity index (χ0n) is 18.0. The van der Waals surface area contributed by atoms with Crippen LogP contribution in [-0.2, 0) is 16.6 Å². The zero-order chi connectivity index (χ0) is 21.5. The summed E-state index contributed by atoms with van der Waals surface area (Å²) < 4.78 is 27.4. The van der Waals surface area contributed by atoms with Gasteiger partial charge in [0, 0.05) is 53.8 Å². The maximum absolute atomic E-state index is 13.7. The average molecular weight is 411 g/mol. The van der Waals surface area contributed by atoms with Gasteiger partial charge >= 0.3 is 0 Å². The first kappa shape index (κ1) is 19.7. The number of ketones is 1. The highest BCUT2D eigenvalue weighted by Gasteiger charge is 2.53. The van der Waals surface area contributed by atoms with E-state index in [-0.39, 0.29) is 30.0 Å². The molecule has 3 aliphatic rings. The number of nitrogens with one attached hydrogen (secondary N) is 1. The number of hydrogen-bond donors (Lipinski definition) is 1. The molecule has 3 aliphatic carbocycles. The van der Waals surface area contributed by atoms with Crippen LogP contribution < -0.4 is 0 Å². The van der Waals surface area contributed by atoms with Crippen LogP contribution in [0.3, 0.4) is 0 Å². The van der Waals surface area contributed by atoms with Gasteiger partial charge in [0.25, 0.3) is 0 Å². The van der Waals surface area contributed by atoms with Gasteiger partial charge in [-0.2, -0.15) is 5.10 Å². The third-order valence-electron chi connectivity index (χ3n) is 7.30. The summed E-state index contributed by atoms with van der Waals surface area (Å²) in [7, 11) is 0. The second-order valence-electron chi connectivity index (χ2n) is 10.5. The SMILES string of the molecule is Cc1cccc(C2(C)C3=C(Cc4[nH]nc(C5CC(F)(F)C5)c42)CC(C)(C)CC3=O)c1. The average Bonchev–Trinajstić information content (AvgIpc) is 3.02. The van der Waals surface area contributed by atoms with Crippen molar-refractivity contribution in [3.05, 3.63) is 63.5 Å². The molecule has 0 spiro atoms. The molecule has 1 saturated carbocycles. The molecule has 5 heteroatoms. The molecule has 0 radical (unpaired) electrons. The summed E-state index contributed by atoms with van der Waals surface area (Å²) in [5.41, 5.74) is 6.12. The smallest absolute Gasteiger partial charge is 0.249 e. The topological polar surface area (TPSA) is 45.8 Å². The third-order valence-corrected chi connectivity index (χ3v) is 7.30. The first-order valence-electron chi connectivity index (χ1n) is 10.8. The number of allylic oxidation sites excluding steroid dienone is 2. The number of halogens is 2.